The fraction of sp³-hybridized carbons (Fsp3) is 0.500. The van der Waals surface area contributed by atoms with Crippen LogP contribution in [0.5, 0.6) is 0 Å². The highest BCUT2D eigenvalue weighted by atomic mass is 16.5. The van der Waals surface area contributed by atoms with E-state index in [1.807, 2.05) is 0 Å². The van der Waals surface area contributed by atoms with Gasteiger partial charge in [0.25, 0.3) is 5.91 Å². The van der Waals surface area contributed by atoms with Crippen LogP contribution in [0.2, 0.25) is 0 Å². The van der Waals surface area contributed by atoms with E-state index in [0.717, 1.165) is 12.8 Å². The zero-order valence-electron chi connectivity index (χ0n) is 15.5. The topological polar surface area (TPSA) is 113 Å². The summed E-state index contributed by atoms with van der Waals surface area (Å²) in [6, 6.07) is 4.78. The van der Waals surface area contributed by atoms with E-state index in [0.29, 0.717) is 42.7 Å². The molecule has 8 nitrogen and oxygen atoms in total. The Labute approximate surface area is 162 Å². The Bertz CT molecular complexity index is 868. The summed E-state index contributed by atoms with van der Waals surface area (Å²) < 4.78 is 5.31. The summed E-state index contributed by atoms with van der Waals surface area (Å²) in [7, 11) is 0. The fourth-order valence-corrected chi connectivity index (χ4v) is 3.90. The van der Waals surface area contributed by atoms with Crippen molar-refractivity contribution in [3.63, 3.8) is 0 Å². The largest absolute Gasteiger partial charge is 0.391 e. The maximum Gasteiger partial charge on any atom is 0.251 e. The minimum atomic E-state index is -0.741. The Kier molecular flexibility index (Phi) is 5.50. The van der Waals surface area contributed by atoms with Gasteiger partial charge in [0.15, 0.2) is 0 Å². The van der Waals surface area contributed by atoms with Crippen molar-refractivity contribution in [2.24, 2.45) is 5.92 Å². The number of hydrogen-bond acceptors (Lipinski definition) is 6. The van der Waals surface area contributed by atoms with Gasteiger partial charge in [0.2, 0.25) is 5.91 Å². The average Bonchev–Trinajstić information content (AvgIpc) is 3.09. The summed E-state index contributed by atoms with van der Waals surface area (Å²) >= 11 is 0. The highest BCUT2D eigenvalue weighted by Crippen LogP contribution is 2.27. The molecule has 8 heteroatoms. The molecule has 2 fully saturated rings. The molecule has 0 unspecified atom stereocenters. The molecule has 0 bridgehead atoms. The predicted octanol–water partition coefficient (Wildman–Crippen LogP) is 0.794. The van der Waals surface area contributed by atoms with E-state index < -0.39 is 12.1 Å². The van der Waals surface area contributed by atoms with Gasteiger partial charge in [0.05, 0.1) is 23.2 Å². The molecule has 0 spiro atoms. The Morgan fingerprint density at radius 2 is 1.79 bits per heavy atom. The molecule has 1 aliphatic heterocycles. The van der Waals surface area contributed by atoms with Crippen molar-refractivity contribution in [3.05, 3.63) is 36.2 Å². The third kappa shape index (κ3) is 4.13. The summed E-state index contributed by atoms with van der Waals surface area (Å²) in [6.45, 7) is 1.32. The SMILES string of the molecule is O=C(N[C@@H]1C[C@H](C(=O)NC2CCOCC2)C[C@H]1O)c1ccc2nccnc2c1. The number of aliphatic hydroxyl groups excluding tert-OH is 1. The molecule has 2 amide bonds. The van der Waals surface area contributed by atoms with Gasteiger partial charge in [-0.15, -0.1) is 0 Å². The Morgan fingerprint density at radius 3 is 2.57 bits per heavy atom. The van der Waals surface area contributed by atoms with Crippen LogP contribution in [0, 0.1) is 5.92 Å². The quantitative estimate of drug-likeness (QED) is 0.718. The van der Waals surface area contributed by atoms with E-state index in [1.165, 1.54) is 0 Å². The van der Waals surface area contributed by atoms with Crippen molar-refractivity contribution in [2.75, 3.05) is 13.2 Å². The van der Waals surface area contributed by atoms with Crippen LogP contribution in [0.25, 0.3) is 11.0 Å². The molecule has 2 aliphatic rings. The predicted molar refractivity (Wildman–Crippen MR) is 102 cm³/mol. The van der Waals surface area contributed by atoms with Gasteiger partial charge in [-0.3, -0.25) is 19.6 Å². The lowest BCUT2D eigenvalue weighted by Gasteiger charge is -2.24. The number of amides is 2. The number of benzene rings is 1. The maximum absolute atomic E-state index is 12.6. The highest BCUT2D eigenvalue weighted by Gasteiger charge is 2.38. The van der Waals surface area contributed by atoms with Crippen molar-refractivity contribution in [1.29, 1.82) is 0 Å². The summed E-state index contributed by atoms with van der Waals surface area (Å²) in [5.74, 6) is -0.642. The number of nitrogens with zero attached hydrogens (tertiary/aromatic N) is 2. The number of carbonyl (C=O) groups excluding carboxylic acids is 2. The second-order valence-electron chi connectivity index (χ2n) is 7.47. The van der Waals surface area contributed by atoms with Crippen LogP contribution in [0.3, 0.4) is 0 Å². The van der Waals surface area contributed by atoms with Gasteiger partial charge in [-0.2, -0.15) is 0 Å². The first-order valence-electron chi connectivity index (χ1n) is 9.68. The van der Waals surface area contributed by atoms with Crippen molar-refractivity contribution >= 4 is 22.8 Å². The average molecular weight is 384 g/mol. The number of aromatic nitrogens is 2. The summed E-state index contributed by atoms with van der Waals surface area (Å²) in [4.78, 5) is 33.5. The first-order chi connectivity index (χ1) is 13.6. The van der Waals surface area contributed by atoms with Gasteiger partial charge in [0, 0.05) is 43.1 Å². The van der Waals surface area contributed by atoms with Crippen LogP contribution in [0.1, 0.15) is 36.0 Å². The second kappa shape index (κ2) is 8.20. The van der Waals surface area contributed by atoms with Crippen LogP contribution in [0.4, 0.5) is 0 Å². The Hall–Kier alpha value is -2.58. The summed E-state index contributed by atoms with van der Waals surface area (Å²) in [6.07, 6.45) is 4.83. The molecule has 2 heterocycles. The monoisotopic (exact) mass is 384 g/mol. The molecule has 2 aromatic rings. The van der Waals surface area contributed by atoms with Crippen LogP contribution in [-0.4, -0.2) is 58.3 Å². The number of aliphatic hydroxyl groups is 1. The van der Waals surface area contributed by atoms with Gasteiger partial charge in [0.1, 0.15) is 0 Å². The molecule has 3 atom stereocenters. The van der Waals surface area contributed by atoms with Crippen molar-refractivity contribution in [2.45, 2.75) is 43.9 Å². The summed E-state index contributed by atoms with van der Waals surface area (Å²) in [5.41, 5.74) is 1.80. The van der Waals surface area contributed by atoms with Gasteiger partial charge < -0.3 is 20.5 Å². The molecule has 4 rings (SSSR count). The third-order valence-corrected chi connectivity index (χ3v) is 5.52. The van der Waals surface area contributed by atoms with Gasteiger partial charge >= 0.3 is 0 Å². The van der Waals surface area contributed by atoms with Crippen molar-refractivity contribution in [3.8, 4) is 0 Å². The standard InChI is InChI=1S/C20H24N4O4/c25-18-11-13(20(27)23-14-3-7-28-8-4-14)10-17(18)24-19(26)12-1-2-15-16(9-12)22-6-5-21-15/h1-2,5-6,9,13-14,17-18,25H,3-4,7-8,10-11H2,(H,23,27)(H,24,26)/t13-,17+,18+/m0/s1. The second-order valence-corrected chi connectivity index (χ2v) is 7.47. The van der Waals surface area contributed by atoms with E-state index in [4.69, 9.17) is 4.74 Å². The Balaban J connectivity index is 1.36. The van der Waals surface area contributed by atoms with Crippen LogP contribution >= 0.6 is 0 Å². The van der Waals surface area contributed by atoms with Crippen molar-refractivity contribution < 1.29 is 19.4 Å². The van der Waals surface area contributed by atoms with Gasteiger partial charge in [-0.25, -0.2) is 0 Å². The minimum Gasteiger partial charge on any atom is -0.391 e. The first kappa shape index (κ1) is 18.8. The number of carbonyl (C=O) groups is 2. The lowest BCUT2D eigenvalue weighted by Crippen LogP contribution is -2.42. The smallest absolute Gasteiger partial charge is 0.251 e. The Morgan fingerprint density at radius 1 is 1.04 bits per heavy atom. The molecule has 1 saturated heterocycles. The molecule has 1 aromatic heterocycles. The van der Waals surface area contributed by atoms with E-state index >= 15 is 0 Å². The van der Waals surface area contributed by atoms with E-state index in [9.17, 15) is 14.7 Å². The molecule has 3 N–H and O–H groups in total. The lowest BCUT2D eigenvalue weighted by atomic mass is 10.0. The first-order valence-corrected chi connectivity index (χ1v) is 9.68. The minimum absolute atomic E-state index is 0.0521. The molecule has 1 aliphatic carbocycles. The normalized spacial score (nSPS) is 25.5. The molecule has 148 valence electrons. The molecular weight excluding hydrogens is 360 g/mol. The molecule has 1 saturated carbocycles. The zero-order valence-corrected chi connectivity index (χ0v) is 15.5. The van der Waals surface area contributed by atoms with E-state index in [2.05, 4.69) is 20.6 Å². The lowest BCUT2D eigenvalue weighted by molar-refractivity contribution is -0.126. The van der Waals surface area contributed by atoms with Gasteiger partial charge in [-0.1, -0.05) is 0 Å². The molecule has 1 aromatic carbocycles. The zero-order chi connectivity index (χ0) is 19.5. The molecular formula is C20H24N4O4. The number of rotatable bonds is 4. The molecule has 28 heavy (non-hydrogen) atoms. The van der Waals surface area contributed by atoms with Crippen molar-refractivity contribution in [1.82, 2.24) is 20.6 Å². The van der Waals surface area contributed by atoms with E-state index in [1.54, 1.807) is 30.6 Å². The number of hydrogen-bond donors (Lipinski definition) is 3. The highest BCUT2D eigenvalue weighted by molar-refractivity contribution is 5.97. The number of fused-ring (bicyclic) bond motifs is 1. The maximum atomic E-state index is 12.6. The number of nitrogens with one attached hydrogen (secondary N) is 2. The number of ether oxygens (including phenoxy) is 1. The van der Waals surface area contributed by atoms with Crippen LogP contribution in [-0.2, 0) is 9.53 Å². The molecule has 0 radical (unpaired) electrons. The third-order valence-electron chi connectivity index (χ3n) is 5.52. The fourth-order valence-electron chi connectivity index (χ4n) is 3.90. The van der Waals surface area contributed by atoms with Crippen LogP contribution in [0.15, 0.2) is 30.6 Å². The van der Waals surface area contributed by atoms with E-state index in [-0.39, 0.29) is 23.8 Å². The van der Waals surface area contributed by atoms with Crippen LogP contribution < -0.4 is 10.6 Å². The van der Waals surface area contributed by atoms with Gasteiger partial charge in [-0.05, 0) is 43.9 Å². The summed E-state index contributed by atoms with van der Waals surface area (Å²) in [5, 5.41) is 16.3.